The Morgan fingerprint density at radius 2 is 2.10 bits per heavy atom. The fourth-order valence-electron chi connectivity index (χ4n) is 4.01. The number of amides is 2. The van der Waals surface area contributed by atoms with Crippen LogP contribution in [0.2, 0.25) is 0 Å². The number of oxime groups is 1. The molecular weight excluding hydrogens is 627 g/mol. The van der Waals surface area contributed by atoms with E-state index < -0.39 is 40.8 Å². The zero-order valence-corrected chi connectivity index (χ0v) is 25.5. The lowest BCUT2D eigenvalue weighted by atomic mass is 10.0. The van der Waals surface area contributed by atoms with Gasteiger partial charge in [-0.15, -0.1) is 23.1 Å². The lowest BCUT2D eigenvalue weighted by molar-refractivity contribution is -0.646. The van der Waals surface area contributed by atoms with Crippen molar-refractivity contribution in [3.05, 3.63) is 40.7 Å². The second-order valence-corrected chi connectivity index (χ2v) is 13.9. The van der Waals surface area contributed by atoms with E-state index in [1.807, 2.05) is 29.9 Å². The van der Waals surface area contributed by atoms with E-state index in [0.717, 1.165) is 26.0 Å². The highest BCUT2D eigenvalue weighted by Crippen LogP contribution is 2.42. The van der Waals surface area contributed by atoms with Crippen molar-refractivity contribution >= 4 is 91.1 Å². The molecule has 220 valence electrons. The van der Waals surface area contributed by atoms with E-state index in [1.54, 1.807) is 0 Å². The Labute approximate surface area is 254 Å². The van der Waals surface area contributed by atoms with Gasteiger partial charge < -0.3 is 26.1 Å². The van der Waals surface area contributed by atoms with E-state index in [0.29, 0.717) is 17.1 Å². The highest BCUT2D eigenvalue weighted by Gasteiger charge is 2.54. The van der Waals surface area contributed by atoms with Crippen molar-refractivity contribution in [1.29, 1.82) is 0 Å². The van der Waals surface area contributed by atoms with Crippen LogP contribution < -0.4 is 15.6 Å². The van der Waals surface area contributed by atoms with Crippen molar-refractivity contribution in [3.63, 3.8) is 0 Å². The van der Waals surface area contributed by atoms with Crippen LogP contribution in [0.25, 0.3) is 10.3 Å². The summed E-state index contributed by atoms with van der Waals surface area (Å²) in [5, 5.41) is 26.6. The number of hydrogen-bond acceptors (Lipinski definition) is 13. The van der Waals surface area contributed by atoms with E-state index in [9.17, 15) is 29.4 Å². The van der Waals surface area contributed by atoms with Crippen LogP contribution in [0.1, 0.15) is 19.5 Å². The average molecular weight is 651 g/mol. The number of aryl methyl sites for hydroxylation is 1. The highest BCUT2D eigenvalue weighted by molar-refractivity contribution is 8.02. The van der Waals surface area contributed by atoms with Gasteiger partial charge in [-0.05, 0) is 36.5 Å². The van der Waals surface area contributed by atoms with Crippen molar-refractivity contribution in [2.45, 2.75) is 35.2 Å². The monoisotopic (exact) mass is 650 g/mol. The number of hydrogen-bond donors (Lipinski definition) is 4. The average Bonchev–Trinajstić information content (AvgIpc) is 3.56. The quantitative estimate of drug-likeness (QED) is 0.0806. The number of β-lactam (4-membered cyclic amide) rings is 1. The maximum absolute atomic E-state index is 13.2. The minimum Gasteiger partial charge on any atom is -0.478 e. The molecule has 0 radical (unpaired) electrons. The first-order valence-corrected chi connectivity index (χ1v) is 15.9. The first kappa shape index (κ1) is 29.7. The van der Waals surface area contributed by atoms with E-state index in [4.69, 9.17) is 10.6 Å². The second kappa shape index (κ2) is 11.5. The number of nitrogens with two attached hydrogens (primary N) is 1. The van der Waals surface area contributed by atoms with Gasteiger partial charge in [0.25, 0.3) is 16.2 Å². The normalized spacial score (nSPS) is 19.0. The molecule has 0 aliphatic carbocycles. The summed E-state index contributed by atoms with van der Waals surface area (Å²) in [5.74, 6) is -3.36. The van der Waals surface area contributed by atoms with Crippen LogP contribution in [-0.4, -0.2) is 83.1 Å². The Kier molecular flexibility index (Phi) is 8.15. The van der Waals surface area contributed by atoms with Crippen molar-refractivity contribution < 1.29 is 38.8 Å². The molecule has 0 aromatic carbocycles. The van der Waals surface area contributed by atoms with Crippen LogP contribution in [0, 0.1) is 0 Å². The number of fused-ring (bicyclic) bond motifs is 2. The molecular formula is C24H24N7O7S4+. The first-order valence-electron chi connectivity index (χ1n) is 12.2. The summed E-state index contributed by atoms with van der Waals surface area (Å²) < 4.78 is 3.69. The summed E-state index contributed by atoms with van der Waals surface area (Å²) in [5.41, 5.74) is 4.88. The second-order valence-electron chi connectivity index (χ2n) is 9.61. The minimum atomic E-state index is -1.76. The Bertz CT molecular complexity index is 1680. The van der Waals surface area contributed by atoms with Crippen molar-refractivity contribution in [3.8, 4) is 0 Å². The molecule has 2 aliphatic heterocycles. The van der Waals surface area contributed by atoms with Crippen LogP contribution >= 0.6 is 46.2 Å². The summed E-state index contributed by atoms with van der Waals surface area (Å²) in [6.45, 7) is 2.50. The molecule has 1 unspecified atom stereocenters. The first-order chi connectivity index (χ1) is 19.9. The highest BCUT2D eigenvalue weighted by atomic mass is 32.2. The Morgan fingerprint density at radius 1 is 1.33 bits per heavy atom. The van der Waals surface area contributed by atoms with Gasteiger partial charge in [0, 0.05) is 16.9 Å². The molecule has 18 heteroatoms. The van der Waals surface area contributed by atoms with Crippen molar-refractivity contribution in [1.82, 2.24) is 20.2 Å². The van der Waals surface area contributed by atoms with Gasteiger partial charge >= 0.3 is 17.6 Å². The molecule has 1 fully saturated rings. The molecule has 14 nitrogen and oxygen atoms in total. The number of carbonyl (C=O) groups is 4. The predicted octanol–water partition coefficient (Wildman–Crippen LogP) is 1.27. The number of carboxylic acid groups (broad SMARTS) is 2. The smallest absolute Gasteiger partial charge is 0.352 e. The van der Waals surface area contributed by atoms with Gasteiger partial charge in [0.1, 0.15) is 27.5 Å². The standard InChI is InChI=1S/C24H23N7O7S4/c1-24(2,21(36)37)38-29-13(11-9-40-22(25)26-11)17(32)27-14-18(33)31-15(20(34)35)10(7-39-19(14)31)8-41-23-28-16-12(42-23)5-4-6-30(16)3/h4-6,9,14,19H,7-8H2,1-3H3,(H4-,25,26,27,32,34,35,36,37)/p+1/t14?,19-/m0/s1. The molecule has 3 aromatic rings. The van der Waals surface area contributed by atoms with Gasteiger partial charge in [0.05, 0.1) is 13.2 Å². The zero-order chi connectivity index (χ0) is 30.3. The molecule has 2 aliphatic rings. The maximum atomic E-state index is 13.2. The van der Waals surface area contributed by atoms with E-state index in [-0.39, 0.29) is 22.2 Å². The maximum Gasteiger partial charge on any atom is 0.352 e. The number of aromatic nitrogens is 3. The van der Waals surface area contributed by atoms with Crippen molar-refractivity contribution in [2.75, 3.05) is 17.2 Å². The summed E-state index contributed by atoms with van der Waals surface area (Å²) in [6.07, 6.45) is 1.90. The third kappa shape index (κ3) is 5.66. The number of aliphatic carboxylic acids is 2. The minimum absolute atomic E-state index is 0.0324. The number of rotatable bonds is 10. The predicted molar refractivity (Wildman–Crippen MR) is 157 cm³/mol. The van der Waals surface area contributed by atoms with Crippen LogP contribution in [-0.2, 0) is 31.1 Å². The summed E-state index contributed by atoms with van der Waals surface area (Å²) in [6, 6.07) is 2.84. The summed E-state index contributed by atoms with van der Waals surface area (Å²) in [4.78, 5) is 65.1. The van der Waals surface area contributed by atoms with Gasteiger partial charge in [-0.1, -0.05) is 28.3 Å². The van der Waals surface area contributed by atoms with Crippen LogP contribution in [0.3, 0.4) is 0 Å². The third-order valence-electron chi connectivity index (χ3n) is 6.27. The van der Waals surface area contributed by atoms with Gasteiger partial charge in [-0.25, -0.2) is 19.1 Å². The molecule has 3 aromatic heterocycles. The van der Waals surface area contributed by atoms with Crippen LogP contribution in [0.5, 0.6) is 0 Å². The van der Waals surface area contributed by atoms with Gasteiger partial charge in [-0.3, -0.25) is 14.5 Å². The molecule has 0 saturated carbocycles. The summed E-state index contributed by atoms with van der Waals surface area (Å²) >= 11 is 5.26. The largest absolute Gasteiger partial charge is 0.478 e. The van der Waals surface area contributed by atoms with Gasteiger partial charge in [0.15, 0.2) is 10.8 Å². The third-order valence-corrected chi connectivity index (χ3v) is 10.5. The lowest BCUT2D eigenvalue weighted by Crippen LogP contribution is -2.71. The molecule has 5 N–H and O–H groups in total. The molecule has 5 heterocycles. The summed E-state index contributed by atoms with van der Waals surface area (Å²) in [7, 11) is 1.90. The number of carbonyl (C=O) groups excluding carboxylic acids is 2. The van der Waals surface area contributed by atoms with Gasteiger partial charge in [0.2, 0.25) is 5.60 Å². The van der Waals surface area contributed by atoms with E-state index in [2.05, 4.69) is 20.4 Å². The fraction of sp³-hybridized carbons (Fsp3) is 0.333. The number of pyridine rings is 1. The van der Waals surface area contributed by atoms with Gasteiger partial charge in [-0.2, -0.15) is 0 Å². The molecule has 0 bridgehead atoms. The van der Waals surface area contributed by atoms with E-state index >= 15 is 0 Å². The topological polar surface area (TPSA) is 201 Å². The molecule has 2 atom stereocenters. The number of thiazole rings is 2. The van der Waals surface area contributed by atoms with E-state index in [1.165, 1.54) is 59.0 Å². The lowest BCUT2D eigenvalue weighted by Gasteiger charge is -2.49. The number of nitrogens with one attached hydrogen (secondary N) is 1. The SMILES string of the molecule is C[n+]1cccc2sc(SCC3=C(C(=O)O)N4C(=O)C(NC(=O)C(=NOC(C)(C)C(=O)O)c5csc(N)n5)[C@@H]4SC3)nc21. The molecule has 2 amide bonds. The Hall–Kier alpha value is -3.74. The molecule has 0 spiro atoms. The fourth-order valence-corrected chi connectivity index (χ4v) is 8.15. The van der Waals surface area contributed by atoms with Crippen LogP contribution in [0.15, 0.2) is 44.5 Å². The Balaban J connectivity index is 1.32. The van der Waals surface area contributed by atoms with Crippen molar-refractivity contribution in [2.24, 2.45) is 12.2 Å². The zero-order valence-electron chi connectivity index (χ0n) is 22.3. The number of nitrogen functional groups attached to an aromatic ring is 1. The van der Waals surface area contributed by atoms with Crippen LogP contribution in [0.4, 0.5) is 5.13 Å². The number of nitrogens with zero attached hydrogens (tertiary/aromatic N) is 5. The molecule has 42 heavy (non-hydrogen) atoms. The number of carboxylic acids is 2. The number of thioether (sulfide) groups is 2. The Morgan fingerprint density at radius 3 is 2.74 bits per heavy atom. The molecule has 1 saturated heterocycles. The molecule has 5 rings (SSSR count). The number of anilines is 1.